The maximum Gasteiger partial charge on any atom is 0.0692 e. The van der Waals surface area contributed by atoms with Crippen LogP contribution in [-0.4, -0.2) is 17.8 Å². The third-order valence-electron chi connectivity index (χ3n) is 3.23. The van der Waals surface area contributed by atoms with E-state index in [0.29, 0.717) is 12.5 Å². The Bertz CT molecular complexity index is 395. The summed E-state index contributed by atoms with van der Waals surface area (Å²) < 4.78 is 0.983. The normalized spacial score (nSPS) is 19.1. The van der Waals surface area contributed by atoms with Crippen molar-refractivity contribution in [1.82, 2.24) is 5.32 Å². The molecule has 2 unspecified atom stereocenters. The van der Waals surface area contributed by atoms with E-state index < -0.39 is 0 Å². The Kier molecular flexibility index (Phi) is 4.47. The molecule has 0 aliphatic heterocycles. The van der Waals surface area contributed by atoms with Gasteiger partial charge >= 0.3 is 0 Å². The molecule has 1 aliphatic carbocycles. The molecule has 1 fully saturated rings. The van der Waals surface area contributed by atoms with Gasteiger partial charge in [0.25, 0.3) is 0 Å². The molecule has 2 N–H and O–H groups in total. The number of nitrogens with one attached hydrogen (secondary N) is 1. The minimum Gasteiger partial charge on any atom is -0.392 e. The number of halogens is 2. The van der Waals surface area contributed by atoms with E-state index >= 15 is 0 Å². The highest BCUT2D eigenvalue weighted by Gasteiger charge is 2.29. The molecule has 1 aromatic carbocycles. The summed E-state index contributed by atoms with van der Waals surface area (Å²) in [6, 6.07) is 6.04. The highest BCUT2D eigenvalue weighted by molar-refractivity contribution is 9.10. The van der Waals surface area contributed by atoms with Crippen LogP contribution in [0.3, 0.4) is 0 Å². The van der Waals surface area contributed by atoms with Crippen LogP contribution in [0.4, 0.5) is 0 Å². The van der Waals surface area contributed by atoms with Crippen LogP contribution in [0.1, 0.15) is 31.4 Å². The lowest BCUT2D eigenvalue weighted by Gasteiger charge is -2.18. The minimum atomic E-state index is -0.216. The summed E-state index contributed by atoms with van der Waals surface area (Å²) in [5, 5.41) is 13.9. The molecule has 4 heteroatoms. The van der Waals surface area contributed by atoms with Crippen molar-refractivity contribution >= 4 is 27.5 Å². The van der Waals surface area contributed by atoms with Crippen LogP contribution in [0.5, 0.6) is 0 Å². The standard InChI is InChI=1S/C13H17BrClNO/c1-8(16-7-13(17)9-2-3-9)11-5-4-10(14)6-12(11)15/h4-6,8-9,13,16-17H,2-3,7H2,1H3. The molecule has 0 saturated heterocycles. The second-order valence-electron chi connectivity index (χ2n) is 4.70. The summed E-state index contributed by atoms with van der Waals surface area (Å²) in [4.78, 5) is 0. The van der Waals surface area contributed by atoms with E-state index in [0.717, 1.165) is 27.9 Å². The molecule has 2 nitrogen and oxygen atoms in total. The molecule has 1 aliphatic rings. The number of hydrogen-bond acceptors (Lipinski definition) is 2. The zero-order valence-electron chi connectivity index (χ0n) is 9.79. The highest BCUT2D eigenvalue weighted by atomic mass is 79.9. The number of aliphatic hydroxyl groups is 1. The maximum atomic E-state index is 9.80. The van der Waals surface area contributed by atoms with Crippen molar-refractivity contribution in [2.75, 3.05) is 6.54 Å². The van der Waals surface area contributed by atoms with Crippen LogP contribution in [0, 0.1) is 5.92 Å². The van der Waals surface area contributed by atoms with E-state index in [2.05, 4.69) is 28.2 Å². The Morgan fingerprint density at radius 3 is 2.82 bits per heavy atom. The van der Waals surface area contributed by atoms with Crippen LogP contribution in [0.15, 0.2) is 22.7 Å². The highest BCUT2D eigenvalue weighted by Crippen LogP contribution is 2.32. The number of benzene rings is 1. The van der Waals surface area contributed by atoms with Gasteiger partial charge in [0, 0.05) is 22.1 Å². The van der Waals surface area contributed by atoms with Gasteiger partial charge in [0.15, 0.2) is 0 Å². The molecule has 0 amide bonds. The van der Waals surface area contributed by atoms with E-state index in [4.69, 9.17) is 11.6 Å². The van der Waals surface area contributed by atoms with Crippen molar-refractivity contribution in [2.45, 2.75) is 31.9 Å². The summed E-state index contributed by atoms with van der Waals surface area (Å²) in [5.41, 5.74) is 1.07. The van der Waals surface area contributed by atoms with Gasteiger partial charge in [-0.25, -0.2) is 0 Å². The first-order valence-electron chi connectivity index (χ1n) is 5.94. The zero-order chi connectivity index (χ0) is 12.4. The van der Waals surface area contributed by atoms with Crippen LogP contribution < -0.4 is 5.32 Å². The van der Waals surface area contributed by atoms with E-state index in [1.54, 1.807) is 0 Å². The summed E-state index contributed by atoms with van der Waals surface area (Å²) in [6.45, 7) is 2.70. The molecule has 94 valence electrons. The average molecular weight is 319 g/mol. The van der Waals surface area contributed by atoms with Crippen molar-refractivity contribution in [3.63, 3.8) is 0 Å². The fourth-order valence-corrected chi connectivity index (χ4v) is 2.74. The lowest BCUT2D eigenvalue weighted by Crippen LogP contribution is -2.30. The topological polar surface area (TPSA) is 32.3 Å². The van der Waals surface area contributed by atoms with Gasteiger partial charge < -0.3 is 10.4 Å². The molecule has 2 atom stereocenters. The molecule has 0 bridgehead atoms. The van der Waals surface area contributed by atoms with E-state index in [9.17, 15) is 5.11 Å². The van der Waals surface area contributed by atoms with Crippen LogP contribution >= 0.6 is 27.5 Å². The quantitative estimate of drug-likeness (QED) is 0.870. The molecule has 0 heterocycles. The minimum absolute atomic E-state index is 0.156. The van der Waals surface area contributed by atoms with Crippen LogP contribution in [-0.2, 0) is 0 Å². The second kappa shape index (κ2) is 5.70. The Balaban J connectivity index is 1.91. The molecule has 0 aromatic heterocycles. The smallest absolute Gasteiger partial charge is 0.0692 e. The van der Waals surface area contributed by atoms with Gasteiger partial charge in [-0.2, -0.15) is 0 Å². The fourth-order valence-electron chi connectivity index (χ4n) is 1.91. The maximum absolute atomic E-state index is 9.80. The first-order chi connectivity index (χ1) is 8.08. The second-order valence-corrected chi connectivity index (χ2v) is 6.02. The predicted molar refractivity (Wildman–Crippen MR) is 74.3 cm³/mol. The first kappa shape index (κ1) is 13.3. The summed E-state index contributed by atoms with van der Waals surface area (Å²) in [7, 11) is 0. The SMILES string of the molecule is CC(NCC(O)C1CC1)c1ccc(Br)cc1Cl. The van der Waals surface area contributed by atoms with Gasteiger partial charge in [-0.15, -0.1) is 0 Å². The van der Waals surface area contributed by atoms with Crippen molar-refractivity contribution < 1.29 is 5.11 Å². The van der Waals surface area contributed by atoms with E-state index in [1.165, 1.54) is 0 Å². The molecule has 0 spiro atoms. The van der Waals surface area contributed by atoms with Crippen molar-refractivity contribution in [2.24, 2.45) is 5.92 Å². The van der Waals surface area contributed by atoms with Gasteiger partial charge in [-0.1, -0.05) is 33.6 Å². The molecule has 1 aromatic rings. The monoisotopic (exact) mass is 317 g/mol. The number of aliphatic hydroxyl groups excluding tert-OH is 1. The first-order valence-corrected chi connectivity index (χ1v) is 7.11. The Labute approximate surface area is 115 Å². The van der Waals surface area contributed by atoms with Gasteiger partial charge in [-0.3, -0.25) is 0 Å². The molecule has 2 rings (SSSR count). The molecule has 1 saturated carbocycles. The van der Waals surface area contributed by atoms with Crippen molar-refractivity contribution in [3.8, 4) is 0 Å². The largest absolute Gasteiger partial charge is 0.392 e. The van der Waals surface area contributed by atoms with Crippen molar-refractivity contribution in [3.05, 3.63) is 33.3 Å². The number of rotatable bonds is 5. The lowest BCUT2D eigenvalue weighted by atomic mass is 10.1. The average Bonchev–Trinajstić information content (AvgIpc) is 3.09. The molecular formula is C13H17BrClNO. The Morgan fingerprint density at radius 1 is 1.53 bits per heavy atom. The Morgan fingerprint density at radius 2 is 2.24 bits per heavy atom. The predicted octanol–water partition coefficient (Wildman–Crippen LogP) is 3.52. The van der Waals surface area contributed by atoms with Crippen LogP contribution in [0.25, 0.3) is 0 Å². The molecule has 0 radical (unpaired) electrons. The number of hydrogen-bond donors (Lipinski definition) is 2. The van der Waals surface area contributed by atoms with Gasteiger partial charge in [-0.05, 0) is 43.4 Å². The fraction of sp³-hybridized carbons (Fsp3) is 0.538. The lowest BCUT2D eigenvalue weighted by molar-refractivity contribution is 0.145. The van der Waals surface area contributed by atoms with E-state index in [-0.39, 0.29) is 12.1 Å². The molecular weight excluding hydrogens is 302 g/mol. The van der Waals surface area contributed by atoms with Crippen molar-refractivity contribution in [1.29, 1.82) is 0 Å². The summed E-state index contributed by atoms with van der Waals surface area (Å²) in [5.74, 6) is 0.509. The summed E-state index contributed by atoms with van der Waals surface area (Å²) >= 11 is 9.57. The van der Waals surface area contributed by atoms with Gasteiger partial charge in [0.2, 0.25) is 0 Å². The Hall–Kier alpha value is -0.0900. The summed E-state index contributed by atoms with van der Waals surface area (Å²) in [6.07, 6.45) is 2.11. The third-order valence-corrected chi connectivity index (χ3v) is 4.05. The molecule has 17 heavy (non-hydrogen) atoms. The van der Waals surface area contributed by atoms with E-state index in [1.807, 2.05) is 18.2 Å². The zero-order valence-corrected chi connectivity index (χ0v) is 12.1. The van der Waals surface area contributed by atoms with Gasteiger partial charge in [0.05, 0.1) is 6.10 Å². The van der Waals surface area contributed by atoms with Crippen LogP contribution in [0.2, 0.25) is 5.02 Å². The van der Waals surface area contributed by atoms with Gasteiger partial charge in [0.1, 0.15) is 0 Å². The third kappa shape index (κ3) is 3.68.